The van der Waals surface area contributed by atoms with Gasteiger partial charge in [-0.05, 0) is 37.5 Å². The molecule has 1 saturated carbocycles. The Labute approximate surface area is 127 Å². The standard InChI is InChI=1S/C15H29N3OS/c16-15(5-3-9-19)11-18-8-2-1-4-13-6-7-14(10-13)12-20-17/h9,11,13-14,18H,1-8,10,12,16-17H2/b15-11-. The molecule has 1 aliphatic rings. The molecule has 0 bridgehead atoms. The fourth-order valence-electron chi connectivity index (χ4n) is 2.89. The molecular formula is C15H29N3OS. The van der Waals surface area contributed by atoms with Gasteiger partial charge in [0, 0.05) is 30.6 Å². The largest absolute Gasteiger partial charge is 0.401 e. The molecule has 0 aliphatic heterocycles. The zero-order chi connectivity index (χ0) is 14.6. The van der Waals surface area contributed by atoms with Crippen LogP contribution in [-0.2, 0) is 4.79 Å². The number of allylic oxidation sites excluding steroid dienone is 1. The summed E-state index contributed by atoms with van der Waals surface area (Å²) in [6, 6.07) is 0. The quantitative estimate of drug-likeness (QED) is 0.310. The molecule has 1 rings (SSSR count). The molecule has 0 heterocycles. The lowest BCUT2D eigenvalue weighted by atomic mass is 9.99. The molecule has 0 radical (unpaired) electrons. The maximum absolute atomic E-state index is 10.2. The maximum Gasteiger partial charge on any atom is 0.120 e. The van der Waals surface area contributed by atoms with E-state index >= 15 is 0 Å². The second kappa shape index (κ2) is 11.0. The summed E-state index contributed by atoms with van der Waals surface area (Å²) in [7, 11) is 0. The van der Waals surface area contributed by atoms with Crippen LogP contribution in [0.3, 0.4) is 0 Å². The third-order valence-electron chi connectivity index (χ3n) is 4.00. The van der Waals surface area contributed by atoms with Crippen molar-refractivity contribution in [2.75, 3.05) is 12.3 Å². The number of nitrogens with two attached hydrogens (primary N) is 2. The minimum Gasteiger partial charge on any atom is -0.401 e. The molecule has 0 aromatic carbocycles. The van der Waals surface area contributed by atoms with Crippen molar-refractivity contribution in [1.29, 1.82) is 0 Å². The summed E-state index contributed by atoms with van der Waals surface area (Å²) >= 11 is 1.49. The predicted molar refractivity (Wildman–Crippen MR) is 86.9 cm³/mol. The van der Waals surface area contributed by atoms with Crippen LogP contribution in [0.15, 0.2) is 11.9 Å². The Hall–Kier alpha value is -0.680. The van der Waals surface area contributed by atoms with Crippen molar-refractivity contribution in [3.05, 3.63) is 11.9 Å². The van der Waals surface area contributed by atoms with Gasteiger partial charge in [0.2, 0.25) is 0 Å². The third-order valence-corrected chi connectivity index (χ3v) is 4.67. The Morgan fingerprint density at radius 1 is 1.30 bits per heavy atom. The van der Waals surface area contributed by atoms with E-state index in [4.69, 9.17) is 10.9 Å². The zero-order valence-corrected chi connectivity index (χ0v) is 13.2. The van der Waals surface area contributed by atoms with E-state index in [1.54, 1.807) is 0 Å². The van der Waals surface area contributed by atoms with E-state index < -0.39 is 0 Å². The van der Waals surface area contributed by atoms with Gasteiger partial charge < -0.3 is 15.8 Å². The van der Waals surface area contributed by atoms with Crippen LogP contribution in [0.1, 0.15) is 51.4 Å². The number of hydrogen-bond donors (Lipinski definition) is 3. The van der Waals surface area contributed by atoms with E-state index in [2.05, 4.69) is 5.32 Å². The molecule has 0 amide bonds. The number of aldehydes is 1. The first-order valence-electron chi connectivity index (χ1n) is 7.69. The molecule has 1 fully saturated rings. The molecule has 2 atom stereocenters. The number of nitrogens with one attached hydrogen (secondary N) is 1. The van der Waals surface area contributed by atoms with Gasteiger partial charge in [-0.3, -0.25) is 5.14 Å². The van der Waals surface area contributed by atoms with Crippen molar-refractivity contribution in [3.8, 4) is 0 Å². The monoisotopic (exact) mass is 299 g/mol. The fourth-order valence-corrected chi connectivity index (χ4v) is 3.46. The topological polar surface area (TPSA) is 81.1 Å². The molecule has 0 spiro atoms. The minimum absolute atomic E-state index is 0.508. The van der Waals surface area contributed by atoms with Gasteiger partial charge in [-0.15, -0.1) is 0 Å². The van der Waals surface area contributed by atoms with E-state index in [1.807, 2.05) is 6.20 Å². The molecule has 4 nitrogen and oxygen atoms in total. The van der Waals surface area contributed by atoms with Crippen molar-refractivity contribution in [2.24, 2.45) is 22.7 Å². The second-order valence-electron chi connectivity index (χ2n) is 5.75. The van der Waals surface area contributed by atoms with Crippen LogP contribution in [0.2, 0.25) is 0 Å². The number of unbranched alkanes of at least 4 members (excludes halogenated alkanes) is 1. The van der Waals surface area contributed by atoms with Crippen LogP contribution >= 0.6 is 11.9 Å². The lowest BCUT2D eigenvalue weighted by Crippen LogP contribution is -2.11. The number of hydrogen-bond acceptors (Lipinski definition) is 5. The van der Waals surface area contributed by atoms with E-state index in [0.717, 1.165) is 36.1 Å². The van der Waals surface area contributed by atoms with Crippen LogP contribution in [0, 0.1) is 11.8 Å². The van der Waals surface area contributed by atoms with Crippen LogP contribution in [0.25, 0.3) is 0 Å². The molecule has 20 heavy (non-hydrogen) atoms. The van der Waals surface area contributed by atoms with Crippen LogP contribution < -0.4 is 16.2 Å². The molecule has 1 aliphatic carbocycles. The van der Waals surface area contributed by atoms with E-state index in [0.29, 0.717) is 12.8 Å². The average Bonchev–Trinajstić information content (AvgIpc) is 2.88. The van der Waals surface area contributed by atoms with Gasteiger partial charge in [-0.25, -0.2) is 0 Å². The highest BCUT2D eigenvalue weighted by molar-refractivity contribution is 7.97. The van der Waals surface area contributed by atoms with Crippen LogP contribution in [0.4, 0.5) is 0 Å². The molecule has 0 aromatic rings. The number of carbonyl (C=O) groups excluding carboxylic acids is 1. The summed E-state index contributed by atoms with van der Waals surface area (Å²) in [4.78, 5) is 10.2. The van der Waals surface area contributed by atoms with Crippen molar-refractivity contribution in [3.63, 3.8) is 0 Å². The third kappa shape index (κ3) is 7.80. The molecular weight excluding hydrogens is 270 g/mol. The Balaban J connectivity index is 1.96. The lowest BCUT2D eigenvalue weighted by Gasteiger charge is -2.10. The van der Waals surface area contributed by atoms with Gasteiger partial charge in [-0.2, -0.15) is 0 Å². The van der Waals surface area contributed by atoms with Gasteiger partial charge in [0.1, 0.15) is 6.29 Å². The van der Waals surface area contributed by atoms with E-state index in [9.17, 15) is 4.79 Å². The Morgan fingerprint density at radius 2 is 2.10 bits per heavy atom. The predicted octanol–water partition coefficient (Wildman–Crippen LogP) is 2.55. The summed E-state index contributed by atoms with van der Waals surface area (Å²) in [5, 5.41) is 8.76. The highest BCUT2D eigenvalue weighted by Crippen LogP contribution is 2.35. The Kier molecular flexibility index (Phi) is 9.58. The molecule has 0 aromatic heterocycles. The molecule has 2 unspecified atom stereocenters. The Morgan fingerprint density at radius 3 is 2.85 bits per heavy atom. The van der Waals surface area contributed by atoms with Gasteiger partial charge in [0.05, 0.1) is 0 Å². The van der Waals surface area contributed by atoms with Gasteiger partial charge in [0.25, 0.3) is 0 Å². The van der Waals surface area contributed by atoms with E-state index in [-0.39, 0.29) is 0 Å². The zero-order valence-electron chi connectivity index (χ0n) is 12.4. The first-order valence-corrected chi connectivity index (χ1v) is 8.74. The summed E-state index contributed by atoms with van der Waals surface area (Å²) in [5.41, 5.74) is 6.50. The van der Waals surface area contributed by atoms with Crippen molar-refractivity contribution < 1.29 is 4.79 Å². The minimum atomic E-state index is 0.508. The molecule has 5 N–H and O–H groups in total. The van der Waals surface area contributed by atoms with Gasteiger partial charge in [-0.1, -0.05) is 31.2 Å². The van der Waals surface area contributed by atoms with Crippen molar-refractivity contribution >= 4 is 18.2 Å². The molecule has 116 valence electrons. The van der Waals surface area contributed by atoms with Crippen LogP contribution in [-0.4, -0.2) is 18.6 Å². The first kappa shape index (κ1) is 17.4. The number of rotatable bonds is 11. The molecule has 0 saturated heterocycles. The molecule has 5 heteroatoms. The fraction of sp³-hybridized carbons (Fsp3) is 0.800. The highest BCUT2D eigenvalue weighted by atomic mass is 32.2. The number of carbonyl (C=O) groups is 1. The van der Waals surface area contributed by atoms with Crippen LogP contribution in [0.5, 0.6) is 0 Å². The van der Waals surface area contributed by atoms with Crippen molar-refractivity contribution in [2.45, 2.75) is 51.4 Å². The summed E-state index contributed by atoms with van der Waals surface area (Å²) in [5.74, 6) is 2.90. The van der Waals surface area contributed by atoms with Gasteiger partial charge in [0.15, 0.2) is 0 Å². The highest BCUT2D eigenvalue weighted by Gasteiger charge is 2.23. The second-order valence-corrected chi connectivity index (χ2v) is 6.42. The van der Waals surface area contributed by atoms with E-state index in [1.165, 1.54) is 50.5 Å². The smallest absolute Gasteiger partial charge is 0.120 e. The summed E-state index contributed by atoms with van der Waals surface area (Å²) < 4.78 is 0. The SMILES string of the molecule is NSCC1CCC(CCCCN/C=C(\N)CCC=O)C1. The van der Waals surface area contributed by atoms with Gasteiger partial charge >= 0.3 is 0 Å². The van der Waals surface area contributed by atoms with Crippen molar-refractivity contribution in [1.82, 2.24) is 5.32 Å². The lowest BCUT2D eigenvalue weighted by molar-refractivity contribution is -0.107. The normalized spacial score (nSPS) is 22.9. The summed E-state index contributed by atoms with van der Waals surface area (Å²) in [6.45, 7) is 0.969. The first-order chi connectivity index (χ1) is 9.76. The maximum atomic E-state index is 10.2. The summed E-state index contributed by atoms with van der Waals surface area (Å²) in [6.07, 6.45) is 11.8. The average molecular weight is 299 g/mol. The Bertz CT molecular complexity index is 297.